The smallest absolute Gasteiger partial charge is 0.274 e. The molecule has 6 nitrogen and oxygen atoms in total. The van der Waals surface area contributed by atoms with E-state index in [4.69, 9.17) is 0 Å². The highest BCUT2D eigenvalue weighted by atomic mass is 16.2. The van der Waals surface area contributed by atoms with Crippen LogP contribution in [-0.2, 0) is 0 Å². The lowest BCUT2D eigenvalue weighted by atomic mass is 10.2. The van der Waals surface area contributed by atoms with Crippen LogP contribution in [0.4, 0.5) is 0 Å². The molecule has 1 aliphatic rings. The van der Waals surface area contributed by atoms with Crippen LogP contribution in [0.3, 0.4) is 0 Å². The molecule has 0 bridgehead atoms. The Morgan fingerprint density at radius 3 is 2.75 bits per heavy atom. The van der Waals surface area contributed by atoms with Gasteiger partial charge in [-0.05, 0) is 38.5 Å². The molecule has 1 aliphatic heterocycles. The van der Waals surface area contributed by atoms with Crippen molar-refractivity contribution in [1.82, 2.24) is 24.6 Å². The van der Waals surface area contributed by atoms with Crippen LogP contribution >= 0.6 is 0 Å². The molecule has 3 aromatic rings. The number of para-hydroxylation sites is 2. The van der Waals surface area contributed by atoms with Gasteiger partial charge in [-0.25, -0.2) is 4.98 Å². The third kappa shape index (κ3) is 2.54. The van der Waals surface area contributed by atoms with Gasteiger partial charge >= 0.3 is 0 Å². The molecule has 2 aromatic heterocycles. The van der Waals surface area contributed by atoms with Gasteiger partial charge in [0.05, 0.1) is 29.0 Å². The summed E-state index contributed by atoms with van der Waals surface area (Å²) in [6, 6.07) is 9.89. The molecule has 0 radical (unpaired) electrons. The van der Waals surface area contributed by atoms with Gasteiger partial charge in [0.25, 0.3) is 5.91 Å². The van der Waals surface area contributed by atoms with E-state index < -0.39 is 0 Å². The predicted molar refractivity (Wildman–Crippen MR) is 90.8 cm³/mol. The first kappa shape index (κ1) is 14.8. The highest BCUT2D eigenvalue weighted by molar-refractivity contribution is 5.94. The summed E-state index contributed by atoms with van der Waals surface area (Å²) >= 11 is 0. The number of rotatable bonds is 2. The van der Waals surface area contributed by atoms with E-state index in [1.165, 1.54) is 0 Å². The van der Waals surface area contributed by atoms with Crippen molar-refractivity contribution < 1.29 is 4.79 Å². The molecule has 1 amide bonds. The normalized spacial score (nSPS) is 17.6. The largest absolute Gasteiger partial charge is 0.335 e. The molecular formula is C18H19N5O. The Kier molecular flexibility index (Phi) is 3.52. The number of aryl methyl sites for hydroxylation is 2. The van der Waals surface area contributed by atoms with Gasteiger partial charge in [-0.15, -0.1) is 0 Å². The third-order valence-electron chi connectivity index (χ3n) is 4.51. The minimum Gasteiger partial charge on any atom is -0.335 e. The van der Waals surface area contributed by atoms with E-state index >= 15 is 0 Å². The molecule has 1 atom stereocenters. The fraction of sp³-hybridized carbons (Fsp3) is 0.333. The van der Waals surface area contributed by atoms with Crippen LogP contribution in [0.15, 0.2) is 36.5 Å². The fourth-order valence-corrected chi connectivity index (χ4v) is 3.36. The molecule has 0 saturated carbocycles. The molecule has 122 valence electrons. The van der Waals surface area contributed by atoms with Crippen LogP contribution in [0.2, 0.25) is 0 Å². The summed E-state index contributed by atoms with van der Waals surface area (Å²) in [6.07, 6.45) is 2.48. The number of hydrogen-bond acceptors (Lipinski definition) is 4. The van der Waals surface area contributed by atoms with Gasteiger partial charge in [0.1, 0.15) is 5.69 Å². The topological polar surface area (TPSA) is 63.9 Å². The van der Waals surface area contributed by atoms with Crippen LogP contribution in [0, 0.1) is 13.8 Å². The second kappa shape index (κ2) is 5.70. The van der Waals surface area contributed by atoms with Crippen LogP contribution in [0.1, 0.15) is 34.3 Å². The summed E-state index contributed by atoms with van der Waals surface area (Å²) in [4.78, 5) is 23.4. The number of carbonyl (C=O) groups excluding carboxylic acids is 1. The molecule has 0 spiro atoms. The first-order valence-corrected chi connectivity index (χ1v) is 8.15. The minimum absolute atomic E-state index is 0.0581. The van der Waals surface area contributed by atoms with Gasteiger partial charge in [0.2, 0.25) is 0 Å². The lowest BCUT2D eigenvalue weighted by Crippen LogP contribution is -2.30. The molecule has 6 heteroatoms. The van der Waals surface area contributed by atoms with Crippen molar-refractivity contribution in [2.75, 3.05) is 13.1 Å². The monoisotopic (exact) mass is 321 g/mol. The van der Waals surface area contributed by atoms with E-state index in [0.29, 0.717) is 12.2 Å². The molecule has 1 saturated heterocycles. The Morgan fingerprint density at radius 1 is 1.21 bits per heavy atom. The average Bonchev–Trinajstić information content (AvgIpc) is 3.20. The summed E-state index contributed by atoms with van der Waals surface area (Å²) < 4.78 is 2.04. The Balaban J connectivity index is 1.55. The zero-order valence-corrected chi connectivity index (χ0v) is 13.8. The molecule has 4 rings (SSSR count). The first-order valence-electron chi connectivity index (χ1n) is 8.15. The van der Waals surface area contributed by atoms with Crippen molar-refractivity contribution in [2.45, 2.75) is 26.3 Å². The maximum Gasteiger partial charge on any atom is 0.274 e. The van der Waals surface area contributed by atoms with E-state index in [2.05, 4.69) is 28.1 Å². The number of amides is 1. The standard InChI is InChI=1S/C18H19N5O/c1-12-9-13(2)23(21-12)14-7-8-22(11-14)18(24)17-10-19-15-5-3-4-6-16(15)20-17/h3-6,9-10,14H,7-8,11H2,1-2H3/t14-/m0/s1. The van der Waals surface area contributed by atoms with Crippen LogP contribution in [0.25, 0.3) is 11.0 Å². The molecular weight excluding hydrogens is 302 g/mol. The number of aromatic nitrogens is 4. The molecule has 0 aliphatic carbocycles. The summed E-state index contributed by atoms with van der Waals surface area (Å²) in [5.41, 5.74) is 4.10. The maximum absolute atomic E-state index is 12.8. The first-order chi connectivity index (χ1) is 11.6. The quantitative estimate of drug-likeness (QED) is 0.727. The Morgan fingerprint density at radius 2 is 2.00 bits per heavy atom. The second-order valence-electron chi connectivity index (χ2n) is 6.31. The van der Waals surface area contributed by atoms with Gasteiger partial charge in [-0.2, -0.15) is 5.10 Å². The number of likely N-dealkylation sites (tertiary alicyclic amines) is 1. The molecule has 1 aromatic carbocycles. The Bertz CT molecular complexity index is 917. The van der Waals surface area contributed by atoms with Crippen molar-refractivity contribution in [3.63, 3.8) is 0 Å². The molecule has 24 heavy (non-hydrogen) atoms. The minimum atomic E-state index is -0.0581. The van der Waals surface area contributed by atoms with Crippen LogP contribution in [0.5, 0.6) is 0 Å². The average molecular weight is 321 g/mol. The van der Waals surface area contributed by atoms with Gasteiger partial charge in [0.15, 0.2) is 0 Å². The van der Waals surface area contributed by atoms with E-state index in [1.807, 2.05) is 40.8 Å². The predicted octanol–water partition coefficient (Wildman–Crippen LogP) is 2.53. The summed E-state index contributed by atoms with van der Waals surface area (Å²) in [5, 5.41) is 4.55. The van der Waals surface area contributed by atoms with Gasteiger partial charge in [-0.3, -0.25) is 14.5 Å². The van der Waals surface area contributed by atoms with Crippen molar-refractivity contribution >= 4 is 16.9 Å². The van der Waals surface area contributed by atoms with Crippen molar-refractivity contribution in [1.29, 1.82) is 0 Å². The zero-order chi connectivity index (χ0) is 16.7. The fourth-order valence-electron chi connectivity index (χ4n) is 3.36. The third-order valence-corrected chi connectivity index (χ3v) is 4.51. The van der Waals surface area contributed by atoms with Crippen LogP contribution in [-0.4, -0.2) is 43.6 Å². The maximum atomic E-state index is 12.8. The van der Waals surface area contributed by atoms with Gasteiger partial charge < -0.3 is 4.90 Å². The summed E-state index contributed by atoms with van der Waals surface area (Å²) in [6.45, 7) is 5.43. The highest BCUT2D eigenvalue weighted by Crippen LogP contribution is 2.24. The molecule has 0 N–H and O–H groups in total. The van der Waals surface area contributed by atoms with Crippen molar-refractivity contribution in [3.05, 3.63) is 53.6 Å². The number of hydrogen-bond donors (Lipinski definition) is 0. The van der Waals surface area contributed by atoms with Crippen LogP contribution < -0.4 is 0 Å². The zero-order valence-electron chi connectivity index (χ0n) is 13.8. The number of benzene rings is 1. The van der Waals surface area contributed by atoms with Crippen molar-refractivity contribution in [3.8, 4) is 0 Å². The molecule has 1 fully saturated rings. The van der Waals surface area contributed by atoms with E-state index in [1.54, 1.807) is 6.20 Å². The van der Waals surface area contributed by atoms with E-state index in [-0.39, 0.29) is 11.9 Å². The lowest BCUT2D eigenvalue weighted by molar-refractivity contribution is 0.0781. The Hall–Kier alpha value is -2.76. The number of fused-ring (bicyclic) bond motifs is 1. The van der Waals surface area contributed by atoms with Gasteiger partial charge in [0, 0.05) is 18.8 Å². The Labute approximate surface area is 140 Å². The molecule has 0 unspecified atom stereocenters. The van der Waals surface area contributed by atoms with E-state index in [9.17, 15) is 4.79 Å². The van der Waals surface area contributed by atoms with Gasteiger partial charge in [-0.1, -0.05) is 12.1 Å². The summed E-state index contributed by atoms with van der Waals surface area (Å²) in [7, 11) is 0. The lowest BCUT2D eigenvalue weighted by Gasteiger charge is -2.17. The second-order valence-corrected chi connectivity index (χ2v) is 6.31. The molecule has 3 heterocycles. The summed E-state index contributed by atoms with van der Waals surface area (Å²) in [5.74, 6) is -0.0581. The van der Waals surface area contributed by atoms with E-state index in [0.717, 1.165) is 35.4 Å². The van der Waals surface area contributed by atoms with Crippen molar-refractivity contribution in [2.24, 2.45) is 0 Å². The SMILES string of the molecule is Cc1cc(C)n([C@H]2CCN(C(=O)c3cnc4ccccc4n3)C2)n1. The number of carbonyl (C=O) groups is 1. The number of nitrogens with zero attached hydrogens (tertiary/aromatic N) is 5. The highest BCUT2D eigenvalue weighted by Gasteiger charge is 2.30.